The molecule has 1 aliphatic rings. The Morgan fingerprint density at radius 1 is 1.26 bits per heavy atom. The SMILES string of the molecule is O=C(O)[C@H]1C[C@@H](O)CN1C(=O)Cc1ccc(O)cc1. The maximum absolute atomic E-state index is 12.0. The molecule has 6 nitrogen and oxygen atoms in total. The average Bonchev–Trinajstić information content (AvgIpc) is 2.74. The van der Waals surface area contributed by atoms with E-state index in [1.54, 1.807) is 12.1 Å². The molecule has 0 saturated carbocycles. The number of rotatable bonds is 3. The summed E-state index contributed by atoms with van der Waals surface area (Å²) >= 11 is 0. The molecule has 1 amide bonds. The second-order valence-electron chi connectivity index (χ2n) is 4.63. The zero-order valence-electron chi connectivity index (χ0n) is 10.2. The number of carboxylic acids is 1. The molecule has 0 spiro atoms. The highest BCUT2D eigenvalue weighted by molar-refractivity contribution is 5.85. The van der Waals surface area contributed by atoms with Crippen LogP contribution in [0.3, 0.4) is 0 Å². The Kier molecular flexibility index (Phi) is 3.71. The molecule has 3 N–H and O–H groups in total. The van der Waals surface area contributed by atoms with Crippen molar-refractivity contribution in [3.8, 4) is 5.75 Å². The second-order valence-corrected chi connectivity index (χ2v) is 4.63. The lowest BCUT2D eigenvalue weighted by Gasteiger charge is -2.21. The number of amides is 1. The summed E-state index contributed by atoms with van der Waals surface area (Å²) in [6.07, 6.45) is -0.669. The third-order valence-electron chi connectivity index (χ3n) is 3.18. The quantitative estimate of drug-likeness (QED) is 0.713. The van der Waals surface area contributed by atoms with Crippen molar-refractivity contribution >= 4 is 11.9 Å². The molecule has 2 rings (SSSR count). The predicted octanol–water partition coefficient (Wildman–Crippen LogP) is -0.0189. The molecule has 1 aromatic rings. The largest absolute Gasteiger partial charge is 0.508 e. The molecule has 19 heavy (non-hydrogen) atoms. The third kappa shape index (κ3) is 3.03. The van der Waals surface area contributed by atoms with Gasteiger partial charge in [0, 0.05) is 13.0 Å². The van der Waals surface area contributed by atoms with Crippen molar-refractivity contribution in [1.29, 1.82) is 0 Å². The van der Waals surface area contributed by atoms with Crippen LogP contribution in [0.5, 0.6) is 5.75 Å². The van der Waals surface area contributed by atoms with Crippen LogP contribution in [0.1, 0.15) is 12.0 Å². The summed E-state index contributed by atoms with van der Waals surface area (Å²) in [7, 11) is 0. The van der Waals surface area contributed by atoms with Gasteiger partial charge < -0.3 is 20.2 Å². The van der Waals surface area contributed by atoms with Crippen LogP contribution in [0.2, 0.25) is 0 Å². The molecule has 0 bridgehead atoms. The van der Waals surface area contributed by atoms with Crippen LogP contribution >= 0.6 is 0 Å². The first-order valence-corrected chi connectivity index (χ1v) is 5.95. The summed E-state index contributed by atoms with van der Waals surface area (Å²) < 4.78 is 0. The number of hydrogen-bond acceptors (Lipinski definition) is 4. The first-order chi connectivity index (χ1) is 8.97. The lowest BCUT2D eigenvalue weighted by Crippen LogP contribution is -2.41. The van der Waals surface area contributed by atoms with Gasteiger partial charge in [-0.25, -0.2) is 4.79 Å². The van der Waals surface area contributed by atoms with E-state index in [1.807, 2.05) is 0 Å². The van der Waals surface area contributed by atoms with Gasteiger partial charge in [0.2, 0.25) is 5.91 Å². The van der Waals surface area contributed by atoms with Crippen LogP contribution in [0, 0.1) is 0 Å². The summed E-state index contributed by atoms with van der Waals surface area (Å²) in [6.45, 7) is 0.0495. The van der Waals surface area contributed by atoms with Crippen molar-refractivity contribution in [3.05, 3.63) is 29.8 Å². The van der Waals surface area contributed by atoms with Gasteiger partial charge in [-0.15, -0.1) is 0 Å². The number of nitrogens with zero attached hydrogens (tertiary/aromatic N) is 1. The molecule has 102 valence electrons. The van der Waals surface area contributed by atoms with Crippen LogP contribution in [-0.4, -0.2) is 50.8 Å². The zero-order chi connectivity index (χ0) is 14.0. The normalized spacial score (nSPS) is 22.5. The lowest BCUT2D eigenvalue weighted by atomic mass is 10.1. The number of phenolic OH excluding ortho intramolecular Hbond substituents is 1. The van der Waals surface area contributed by atoms with Crippen LogP contribution in [0.25, 0.3) is 0 Å². The molecule has 1 saturated heterocycles. The monoisotopic (exact) mass is 265 g/mol. The Morgan fingerprint density at radius 3 is 2.47 bits per heavy atom. The number of hydrogen-bond donors (Lipinski definition) is 3. The Morgan fingerprint density at radius 2 is 1.89 bits per heavy atom. The van der Waals surface area contributed by atoms with Gasteiger partial charge in [0.15, 0.2) is 0 Å². The smallest absolute Gasteiger partial charge is 0.326 e. The number of aliphatic hydroxyl groups excluding tert-OH is 1. The summed E-state index contributed by atoms with van der Waals surface area (Å²) in [5.41, 5.74) is 0.688. The van der Waals surface area contributed by atoms with Gasteiger partial charge in [0.05, 0.1) is 12.5 Å². The van der Waals surface area contributed by atoms with Crippen molar-refractivity contribution in [2.24, 2.45) is 0 Å². The molecule has 1 fully saturated rings. The molecule has 0 aliphatic carbocycles. The molecule has 0 unspecified atom stereocenters. The average molecular weight is 265 g/mol. The first-order valence-electron chi connectivity index (χ1n) is 5.95. The van der Waals surface area contributed by atoms with Gasteiger partial charge in [-0.3, -0.25) is 4.79 Å². The number of carbonyl (C=O) groups is 2. The Hall–Kier alpha value is -2.08. The molecule has 1 aromatic carbocycles. The van der Waals surface area contributed by atoms with Crippen molar-refractivity contribution in [3.63, 3.8) is 0 Å². The van der Waals surface area contributed by atoms with E-state index in [9.17, 15) is 14.7 Å². The number of carbonyl (C=O) groups excluding carboxylic acids is 1. The van der Waals surface area contributed by atoms with Crippen molar-refractivity contribution in [1.82, 2.24) is 4.90 Å². The molecule has 0 radical (unpaired) electrons. The van der Waals surface area contributed by atoms with Crippen LogP contribution in [-0.2, 0) is 16.0 Å². The van der Waals surface area contributed by atoms with Gasteiger partial charge in [-0.2, -0.15) is 0 Å². The van der Waals surface area contributed by atoms with E-state index in [2.05, 4.69) is 0 Å². The van der Waals surface area contributed by atoms with Gasteiger partial charge in [0.25, 0.3) is 0 Å². The number of aromatic hydroxyl groups is 1. The van der Waals surface area contributed by atoms with E-state index in [0.29, 0.717) is 5.56 Å². The molecular weight excluding hydrogens is 250 g/mol. The summed E-state index contributed by atoms with van der Waals surface area (Å²) in [4.78, 5) is 24.3. The van der Waals surface area contributed by atoms with Crippen LogP contribution in [0.15, 0.2) is 24.3 Å². The van der Waals surface area contributed by atoms with E-state index in [-0.39, 0.29) is 31.0 Å². The van der Waals surface area contributed by atoms with E-state index in [1.165, 1.54) is 17.0 Å². The molecule has 0 aromatic heterocycles. The van der Waals surface area contributed by atoms with Gasteiger partial charge in [-0.05, 0) is 17.7 Å². The van der Waals surface area contributed by atoms with Gasteiger partial charge in [0.1, 0.15) is 11.8 Å². The van der Waals surface area contributed by atoms with E-state index < -0.39 is 18.1 Å². The summed E-state index contributed by atoms with van der Waals surface area (Å²) in [5.74, 6) is -1.33. The number of aliphatic carboxylic acids is 1. The molecule has 2 atom stereocenters. The number of aliphatic hydroxyl groups is 1. The highest BCUT2D eigenvalue weighted by atomic mass is 16.4. The standard InChI is InChI=1S/C13H15NO5/c15-9-3-1-8(2-4-9)5-12(17)14-7-10(16)6-11(14)13(18)19/h1-4,10-11,15-16H,5-7H2,(H,18,19)/t10-,11-/m1/s1. The molecule has 6 heteroatoms. The Balaban J connectivity index is 2.06. The maximum Gasteiger partial charge on any atom is 0.326 e. The molecule has 1 heterocycles. The fourth-order valence-corrected chi connectivity index (χ4v) is 2.21. The number of likely N-dealkylation sites (tertiary alicyclic amines) is 1. The molecular formula is C13H15NO5. The lowest BCUT2D eigenvalue weighted by molar-refractivity contribution is -0.148. The van der Waals surface area contributed by atoms with E-state index >= 15 is 0 Å². The minimum absolute atomic E-state index is 0.0495. The third-order valence-corrected chi connectivity index (χ3v) is 3.18. The van der Waals surface area contributed by atoms with Crippen LogP contribution in [0.4, 0.5) is 0 Å². The number of carboxylic acid groups (broad SMARTS) is 1. The minimum atomic E-state index is -1.10. The van der Waals surface area contributed by atoms with Gasteiger partial charge in [-0.1, -0.05) is 12.1 Å². The first kappa shape index (κ1) is 13.4. The summed E-state index contributed by atoms with van der Waals surface area (Å²) in [5, 5.41) is 27.6. The predicted molar refractivity (Wildman–Crippen MR) is 65.6 cm³/mol. The van der Waals surface area contributed by atoms with E-state index in [0.717, 1.165) is 0 Å². The number of benzene rings is 1. The Bertz CT molecular complexity index is 484. The second kappa shape index (κ2) is 5.27. The van der Waals surface area contributed by atoms with Crippen molar-refractivity contribution in [2.75, 3.05) is 6.54 Å². The number of β-amino-alcohol motifs (C(OH)–C–C–N with tert-alkyl or cyclic N) is 1. The zero-order valence-corrected chi connectivity index (χ0v) is 10.2. The highest BCUT2D eigenvalue weighted by Gasteiger charge is 2.38. The van der Waals surface area contributed by atoms with Crippen molar-refractivity contribution < 1.29 is 24.9 Å². The fourth-order valence-electron chi connectivity index (χ4n) is 2.21. The van der Waals surface area contributed by atoms with Crippen molar-refractivity contribution in [2.45, 2.75) is 25.0 Å². The van der Waals surface area contributed by atoms with Gasteiger partial charge >= 0.3 is 5.97 Å². The summed E-state index contributed by atoms with van der Waals surface area (Å²) in [6, 6.07) is 5.19. The van der Waals surface area contributed by atoms with Crippen LogP contribution < -0.4 is 0 Å². The number of phenols is 1. The maximum atomic E-state index is 12.0. The topological polar surface area (TPSA) is 98.1 Å². The van der Waals surface area contributed by atoms with E-state index in [4.69, 9.17) is 10.2 Å². The highest BCUT2D eigenvalue weighted by Crippen LogP contribution is 2.20. The molecule has 1 aliphatic heterocycles. The minimum Gasteiger partial charge on any atom is -0.508 e. The Labute approximate surface area is 109 Å². The fraction of sp³-hybridized carbons (Fsp3) is 0.385.